The zero-order valence-corrected chi connectivity index (χ0v) is 15.1. The summed E-state index contributed by atoms with van der Waals surface area (Å²) in [6.07, 6.45) is 0. The molecule has 5 nitrogen and oxygen atoms in total. The number of ether oxygens (including phenoxy) is 1. The van der Waals surface area contributed by atoms with Crippen LogP contribution in [0.25, 0.3) is 0 Å². The third kappa shape index (κ3) is 5.95. The second-order valence-corrected chi connectivity index (χ2v) is 6.77. The number of hydrogen-bond donors (Lipinski definition) is 2. The van der Waals surface area contributed by atoms with Gasteiger partial charge in [0.05, 0.1) is 0 Å². The van der Waals surface area contributed by atoms with E-state index in [0.717, 1.165) is 11.3 Å². The highest BCUT2D eigenvalue weighted by Crippen LogP contribution is 2.23. The van der Waals surface area contributed by atoms with Crippen LogP contribution in [0.15, 0.2) is 48.5 Å². The molecule has 0 bridgehead atoms. The van der Waals surface area contributed by atoms with Gasteiger partial charge in [-0.1, -0.05) is 24.3 Å². The molecule has 0 aliphatic carbocycles. The Balaban J connectivity index is 2.07. The van der Waals surface area contributed by atoms with Gasteiger partial charge in [0.15, 0.2) is 0 Å². The minimum atomic E-state index is -0.313. The standard InChI is InChI=1S/C20H24N2O3/c1-14(23)22-17-10-7-9-15(12-17)19(24)21-13-16-8-5-6-11-18(16)25-20(2,3)4/h5-12H,13H2,1-4H3,(H,21,24)(H,22,23). The lowest BCUT2D eigenvalue weighted by Crippen LogP contribution is -2.26. The number of anilines is 1. The minimum Gasteiger partial charge on any atom is -0.488 e. The lowest BCUT2D eigenvalue weighted by molar-refractivity contribution is -0.114. The summed E-state index contributed by atoms with van der Waals surface area (Å²) in [5, 5.41) is 5.56. The topological polar surface area (TPSA) is 67.4 Å². The van der Waals surface area contributed by atoms with Gasteiger partial charge in [-0.05, 0) is 45.0 Å². The fraction of sp³-hybridized carbons (Fsp3) is 0.300. The van der Waals surface area contributed by atoms with E-state index in [2.05, 4.69) is 10.6 Å². The van der Waals surface area contributed by atoms with E-state index in [1.807, 2.05) is 45.0 Å². The zero-order chi connectivity index (χ0) is 18.4. The Hall–Kier alpha value is -2.82. The summed E-state index contributed by atoms with van der Waals surface area (Å²) >= 11 is 0. The molecule has 0 saturated carbocycles. The smallest absolute Gasteiger partial charge is 0.251 e. The number of rotatable bonds is 5. The van der Waals surface area contributed by atoms with E-state index >= 15 is 0 Å². The Kier molecular flexibility index (Phi) is 5.80. The van der Waals surface area contributed by atoms with Gasteiger partial charge in [0.1, 0.15) is 11.4 Å². The van der Waals surface area contributed by atoms with Gasteiger partial charge < -0.3 is 15.4 Å². The molecule has 132 valence electrons. The second kappa shape index (κ2) is 7.83. The van der Waals surface area contributed by atoms with Gasteiger partial charge >= 0.3 is 0 Å². The molecule has 5 heteroatoms. The van der Waals surface area contributed by atoms with Gasteiger partial charge in [-0.2, -0.15) is 0 Å². The molecule has 2 rings (SSSR count). The Morgan fingerprint density at radius 2 is 1.76 bits per heavy atom. The third-order valence-electron chi connectivity index (χ3n) is 3.27. The molecule has 2 amide bonds. The SMILES string of the molecule is CC(=O)Nc1cccc(C(=O)NCc2ccccc2OC(C)(C)C)c1. The van der Waals surface area contributed by atoms with Gasteiger partial charge in [0, 0.05) is 30.3 Å². The van der Waals surface area contributed by atoms with Gasteiger partial charge in [-0.15, -0.1) is 0 Å². The van der Waals surface area contributed by atoms with Crippen molar-refractivity contribution < 1.29 is 14.3 Å². The van der Waals surface area contributed by atoms with Crippen molar-refractivity contribution >= 4 is 17.5 Å². The van der Waals surface area contributed by atoms with Crippen LogP contribution in [0.2, 0.25) is 0 Å². The quantitative estimate of drug-likeness (QED) is 0.871. The van der Waals surface area contributed by atoms with Crippen molar-refractivity contribution in [2.45, 2.75) is 39.8 Å². The first kappa shape index (κ1) is 18.5. The number of nitrogens with one attached hydrogen (secondary N) is 2. The molecule has 2 aromatic carbocycles. The van der Waals surface area contributed by atoms with Crippen LogP contribution in [0.1, 0.15) is 43.6 Å². The Bertz CT molecular complexity index is 764. The van der Waals surface area contributed by atoms with Crippen LogP contribution in [-0.4, -0.2) is 17.4 Å². The minimum absolute atomic E-state index is 0.175. The molecule has 0 saturated heterocycles. The van der Waals surface area contributed by atoms with Crippen molar-refractivity contribution in [2.75, 3.05) is 5.32 Å². The predicted molar refractivity (Wildman–Crippen MR) is 98.7 cm³/mol. The third-order valence-corrected chi connectivity index (χ3v) is 3.27. The van der Waals surface area contributed by atoms with E-state index in [0.29, 0.717) is 17.8 Å². The van der Waals surface area contributed by atoms with E-state index in [4.69, 9.17) is 4.74 Å². The van der Waals surface area contributed by atoms with Crippen LogP contribution in [-0.2, 0) is 11.3 Å². The summed E-state index contributed by atoms with van der Waals surface area (Å²) in [7, 11) is 0. The summed E-state index contributed by atoms with van der Waals surface area (Å²) in [5.74, 6) is 0.367. The maximum Gasteiger partial charge on any atom is 0.251 e. The average Bonchev–Trinajstić information content (AvgIpc) is 2.52. The molecule has 2 N–H and O–H groups in total. The fourth-order valence-electron chi connectivity index (χ4n) is 2.30. The first-order chi connectivity index (χ1) is 11.7. The number of carbonyl (C=O) groups excluding carboxylic acids is 2. The summed E-state index contributed by atoms with van der Waals surface area (Å²) in [6.45, 7) is 7.73. The van der Waals surface area contributed by atoms with Gasteiger partial charge in [-0.25, -0.2) is 0 Å². The number of para-hydroxylation sites is 1. The van der Waals surface area contributed by atoms with Crippen LogP contribution in [0.5, 0.6) is 5.75 Å². The normalized spacial score (nSPS) is 10.9. The molecule has 25 heavy (non-hydrogen) atoms. The van der Waals surface area contributed by atoms with Crippen LogP contribution in [0, 0.1) is 0 Å². The van der Waals surface area contributed by atoms with E-state index < -0.39 is 0 Å². The summed E-state index contributed by atoms with van der Waals surface area (Å²) in [6, 6.07) is 14.5. The van der Waals surface area contributed by atoms with Gasteiger partial charge in [-0.3, -0.25) is 9.59 Å². The number of hydrogen-bond acceptors (Lipinski definition) is 3. The average molecular weight is 340 g/mol. The number of carbonyl (C=O) groups is 2. The predicted octanol–water partition coefficient (Wildman–Crippen LogP) is 3.75. The lowest BCUT2D eigenvalue weighted by Gasteiger charge is -2.23. The summed E-state index contributed by atoms with van der Waals surface area (Å²) in [4.78, 5) is 23.5. The first-order valence-corrected chi connectivity index (χ1v) is 8.17. The van der Waals surface area contributed by atoms with E-state index in [9.17, 15) is 9.59 Å². The number of benzene rings is 2. The maximum atomic E-state index is 12.4. The molecule has 0 fully saturated rings. The molecule has 0 aliphatic heterocycles. The first-order valence-electron chi connectivity index (χ1n) is 8.17. The highest BCUT2D eigenvalue weighted by molar-refractivity contribution is 5.96. The summed E-state index contributed by atoms with van der Waals surface area (Å²) < 4.78 is 5.93. The highest BCUT2D eigenvalue weighted by Gasteiger charge is 2.15. The molecule has 0 aromatic heterocycles. The molecule has 0 radical (unpaired) electrons. The fourth-order valence-corrected chi connectivity index (χ4v) is 2.30. The van der Waals surface area contributed by atoms with Crippen molar-refractivity contribution in [3.8, 4) is 5.75 Å². The molecular formula is C20H24N2O3. The van der Waals surface area contributed by atoms with Gasteiger partial charge in [0.2, 0.25) is 5.91 Å². The van der Waals surface area contributed by atoms with Crippen molar-refractivity contribution in [1.29, 1.82) is 0 Å². The molecular weight excluding hydrogens is 316 g/mol. The Morgan fingerprint density at radius 3 is 2.44 bits per heavy atom. The molecule has 0 heterocycles. The van der Waals surface area contributed by atoms with E-state index in [1.54, 1.807) is 24.3 Å². The summed E-state index contributed by atoms with van der Waals surface area (Å²) in [5.41, 5.74) is 1.67. The number of amides is 2. The van der Waals surface area contributed by atoms with Crippen LogP contribution >= 0.6 is 0 Å². The van der Waals surface area contributed by atoms with Gasteiger partial charge in [0.25, 0.3) is 5.91 Å². The van der Waals surface area contributed by atoms with Crippen molar-refractivity contribution in [3.05, 3.63) is 59.7 Å². The van der Waals surface area contributed by atoms with Crippen molar-refractivity contribution in [2.24, 2.45) is 0 Å². The van der Waals surface area contributed by atoms with E-state index in [1.165, 1.54) is 6.92 Å². The Morgan fingerprint density at radius 1 is 1.04 bits per heavy atom. The monoisotopic (exact) mass is 340 g/mol. The molecule has 0 aliphatic rings. The second-order valence-electron chi connectivity index (χ2n) is 6.77. The maximum absolute atomic E-state index is 12.4. The van der Waals surface area contributed by atoms with Crippen molar-refractivity contribution in [1.82, 2.24) is 5.32 Å². The lowest BCUT2D eigenvalue weighted by atomic mass is 10.1. The van der Waals surface area contributed by atoms with Crippen LogP contribution in [0.3, 0.4) is 0 Å². The molecule has 0 atom stereocenters. The molecule has 0 unspecified atom stereocenters. The zero-order valence-electron chi connectivity index (χ0n) is 15.1. The largest absolute Gasteiger partial charge is 0.488 e. The molecule has 0 spiro atoms. The molecule has 2 aromatic rings. The van der Waals surface area contributed by atoms with E-state index in [-0.39, 0.29) is 17.4 Å². The van der Waals surface area contributed by atoms with Crippen LogP contribution < -0.4 is 15.4 Å². The highest BCUT2D eigenvalue weighted by atomic mass is 16.5. The van der Waals surface area contributed by atoms with Crippen molar-refractivity contribution in [3.63, 3.8) is 0 Å². The van der Waals surface area contributed by atoms with Crippen LogP contribution in [0.4, 0.5) is 5.69 Å². The Labute approximate surface area is 148 Å².